The summed E-state index contributed by atoms with van der Waals surface area (Å²) in [6.45, 7) is 0. The van der Waals surface area contributed by atoms with Crippen LogP contribution in [-0.2, 0) is 0 Å². The first kappa shape index (κ1) is 13.4. The van der Waals surface area contributed by atoms with Crippen LogP contribution in [0.4, 0.5) is 10.2 Å². The van der Waals surface area contributed by atoms with Crippen LogP contribution in [0, 0.1) is 5.82 Å². The predicted molar refractivity (Wildman–Crippen MR) is 79.5 cm³/mol. The molecule has 1 aromatic carbocycles. The Kier molecular flexibility index (Phi) is 3.23. The molecule has 2 heterocycles. The number of benzene rings is 1. The fourth-order valence-electron chi connectivity index (χ4n) is 2.13. The number of aromatic nitrogens is 3. The topological polar surface area (TPSA) is 87.6 Å². The molecule has 0 amide bonds. The summed E-state index contributed by atoms with van der Waals surface area (Å²) in [4.78, 5) is 14.0. The van der Waals surface area contributed by atoms with Gasteiger partial charge in [0.05, 0.1) is 16.3 Å². The quantitative estimate of drug-likeness (QED) is 0.680. The molecular weight excluding hydrogens is 295 g/mol. The Morgan fingerprint density at radius 2 is 2.05 bits per heavy atom. The van der Waals surface area contributed by atoms with Gasteiger partial charge in [-0.3, -0.25) is 9.89 Å². The van der Waals surface area contributed by atoms with E-state index in [4.69, 9.17) is 17.3 Å². The summed E-state index contributed by atoms with van der Waals surface area (Å²) in [6, 6.07) is 7.12. The van der Waals surface area contributed by atoms with E-state index in [2.05, 4.69) is 15.2 Å². The molecule has 2 aromatic heterocycles. The second kappa shape index (κ2) is 5.06. The van der Waals surface area contributed by atoms with E-state index < -0.39 is 5.82 Å². The molecule has 0 atom stereocenters. The van der Waals surface area contributed by atoms with Crippen molar-refractivity contribution in [3.05, 3.63) is 57.7 Å². The number of nitrogens with one attached hydrogen (secondary N) is 2. The van der Waals surface area contributed by atoms with Gasteiger partial charge in [-0.2, -0.15) is 5.10 Å². The number of rotatable bonds is 2. The van der Waals surface area contributed by atoms with Crippen LogP contribution >= 0.6 is 11.6 Å². The standard InChI is InChI=1S/C14H10ClFN4O/c15-10-6-8(16)1-2-9(10)12-13(19-20-14(12)17)7-3-4-18-11(21)5-7/h1-6H,(H,18,21)(H3,17,19,20). The van der Waals surface area contributed by atoms with Gasteiger partial charge < -0.3 is 10.7 Å². The van der Waals surface area contributed by atoms with Crippen LogP contribution in [0.1, 0.15) is 0 Å². The minimum Gasteiger partial charge on any atom is -0.382 e. The fraction of sp³-hybridized carbons (Fsp3) is 0. The second-order valence-electron chi connectivity index (χ2n) is 4.42. The molecule has 21 heavy (non-hydrogen) atoms. The largest absolute Gasteiger partial charge is 0.382 e. The third kappa shape index (κ3) is 2.41. The fourth-order valence-corrected chi connectivity index (χ4v) is 2.39. The van der Waals surface area contributed by atoms with Crippen LogP contribution in [0.2, 0.25) is 5.02 Å². The number of nitrogens with two attached hydrogens (primary N) is 1. The molecule has 0 bridgehead atoms. The number of hydrogen-bond acceptors (Lipinski definition) is 3. The molecule has 0 fully saturated rings. The molecule has 7 heteroatoms. The van der Waals surface area contributed by atoms with Crippen LogP contribution in [0.5, 0.6) is 0 Å². The maximum atomic E-state index is 13.2. The minimum atomic E-state index is -0.441. The van der Waals surface area contributed by atoms with Gasteiger partial charge in [-0.15, -0.1) is 0 Å². The van der Waals surface area contributed by atoms with Gasteiger partial charge in [-0.05, 0) is 24.3 Å². The monoisotopic (exact) mass is 304 g/mol. The van der Waals surface area contributed by atoms with Crippen molar-refractivity contribution in [2.24, 2.45) is 0 Å². The zero-order valence-corrected chi connectivity index (χ0v) is 11.4. The summed E-state index contributed by atoms with van der Waals surface area (Å²) in [5.74, 6) is -0.220. The lowest BCUT2D eigenvalue weighted by Crippen LogP contribution is -2.02. The zero-order valence-electron chi connectivity index (χ0n) is 10.7. The Balaban J connectivity index is 2.24. The summed E-state index contributed by atoms with van der Waals surface area (Å²) >= 11 is 6.08. The lowest BCUT2D eigenvalue weighted by molar-refractivity contribution is 0.628. The van der Waals surface area contributed by atoms with Crippen LogP contribution in [0.15, 0.2) is 41.3 Å². The Morgan fingerprint density at radius 3 is 2.76 bits per heavy atom. The van der Waals surface area contributed by atoms with Crippen molar-refractivity contribution in [2.45, 2.75) is 0 Å². The summed E-state index contributed by atoms with van der Waals surface area (Å²) in [7, 11) is 0. The summed E-state index contributed by atoms with van der Waals surface area (Å²) in [5, 5.41) is 6.95. The van der Waals surface area contributed by atoms with Crippen molar-refractivity contribution >= 4 is 17.4 Å². The lowest BCUT2D eigenvalue weighted by atomic mass is 10.0. The lowest BCUT2D eigenvalue weighted by Gasteiger charge is -2.06. The van der Waals surface area contributed by atoms with E-state index in [1.165, 1.54) is 30.5 Å². The number of anilines is 1. The van der Waals surface area contributed by atoms with E-state index in [1.807, 2.05) is 0 Å². The highest BCUT2D eigenvalue weighted by atomic mass is 35.5. The molecule has 0 aliphatic rings. The number of aromatic amines is 2. The highest BCUT2D eigenvalue weighted by Gasteiger charge is 2.17. The first-order chi connectivity index (χ1) is 10.1. The number of pyridine rings is 1. The van der Waals surface area contributed by atoms with Gasteiger partial charge in [0.1, 0.15) is 5.82 Å². The van der Waals surface area contributed by atoms with Gasteiger partial charge in [-0.25, -0.2) is 4.39 Å². The Morgan fingerprint density at radius 1 is 1.24 bits per heavy atom. The van der Waals surface area contributed by atoms with Gasteiger partial charge in [0.15, 0.2) is 5.82 Å². The maximum absolute atomic E-state index is 13.2. The number of hydrogen-bond donors (Lipinski definition) is 3. The third-order valence-corrected chi connectivity index (χ3v) is 3.37. The van der Waals surface area contributed by atoms with E-state index in [9.17, 15) is 9.18 Å². The zero-order chi connectivity index (χ0) is 15.0. The molecule has 5 nitrogen and oxygen atoms in total. The Labute approximate surface area is 123 Å². The molecule has 4 N–H and O–H groups in total. The minimum absolute atomic E-state index is 0.217. The van der Waals surface area contributed by atoms with Gasteiger partial charge in [0.25, 0.3) is 0 Å². The van der Waals surface area contributed by atoms with Gasteiger partial charge >= 0.3 is 0 Å². The van der Waals surface area contributed by atoms with Gasteiger partial charge in [0, 0.05) is 23.4 Å². The van der Waals surface area contributed by atoms with E-state index >= 15 is 0 Å². The predicted octanol–water partition coefficient (Wildman–Crippen LogP) is 2.81. The normalized spacial score (nSPS) is 10.8. The average molecular weight is 305 g/mol. The highest BCUT2D eigenvalue weighted by Crippen LogP contribution is 2.38. The van der Waals surface area contributed by atoms with Crippen molar-refractivity contribution < 1.29 is 4.39 Å². The maximum Gasteiger partial charge on any atom is 0.248 e. The molecule has 106 valence electrons. The van der Waals surface area contributed by atoms with Crippen molar-refractivity contribution in [3.63, 3.8) is 0 Å². The summed E-state index contributed by atoms with van der Waals surface area (Å²) in [5.41, 5.74) is 7.85. The number of halogens is 2. The smallest absolute Gasteiger partial charge is 0.248 e. The van der Waals surface area contributed by atoms with Crippen LogP contribution in [0.25, 0.3) is 22.4 Å². The third-order valence-electron chi connectivity index (χ3n) is 3.06. The summed E-state index contributed by atoms with van der Waals surface area (Å²) in [6.07, 6.45) is 1.52. The SMILES string of the molecule is Nc1n[nH]c(-c2cc[nH]c(=O)c2)c1-c1ccc(F)cc1Cl. The van der Waals surface area contributed by atoms with Crippen molar-refractivity contribution in [1.29, 1.82) is 0 Å². The first-order valence-corrected chi connectivity index (χ1v) is 6.42. The van der Waals surface area contributed by atoms with Crippen LogP contribution in [-0.4, -0.2) is 15.2 Å². The molecular formula is C14H10ClFN4O. The van der Waals surface area contributed by atoms with Crippen LogP contribution in [0.3, 0.4) is 0 Å². The average Bonchev–Trinajstić information content (AvgIpc) is 2.81. The second-order valence-corrected chi connectivity index (χ2v) is 4.83. The van der Waals surface area contributed by atoms with Crippen LogP contribution < -0.4 is 11.3 Å². The molecule has 0 spiro atoms. The number of nitrogen functional groups attached to an aromatic ring is 1. The van der Waals surface area contributed by atoms with Crippen molar-refractivity contribution in [2.75, 3.05) is 5.73 Å². The van der Waals surface area contributed by atoms with Crippen molar-refractivity contribution in [3.8, 4) is 22.4 Å². The van der Waals surface area contributed by atoms with E-state index in [1.54, 1.807) is 6.07 Å². The van der Waals surface area contributed by atoms with Gasteiger partial charge in [0.2, 0.25) is 5.56 Å². The first-order valence-electron chi connectivity index (χ1n) is 6.04. The van der Waals surface area contributed by atoms with E-state index in [0.717, 1.165) is 0 Å². The highest BCUT2D eigenvalue weighted by molar-refractivity contribution is 6.33. The molecule has 0 radical (unpaired) electrons. The molecule has 3 rings (SSSR count). The van der Waals surface area contributed by atoms with E-state index in [0.29, 0.717) is 22.4 Å². The Hall–Kier alpha value is -2.60. The summed E-state index contributed by atoms with van der Waals surface area (Å²) < 4.78 is 13.2. The molecule has 0 saturated heterocycles. The Bertz CT molecular complexity index is 871. The van der Waals surface area contributed by atoms with E-state index in [-0.39, 0.29) is 16.4 Å². The number of H-pyrrole nitrogens is 2. The van der Waals surface area contributed by atoms with Gasteiger partial charge in [-0.1, -0.05) is 11.6 Å². The molecule has 0 aliphatic carbocycles. The molecule has 0 aliphatic heterocycles. The molecule has 0 unspecified atom stereocenters. The number of nitrogens with zero attached hydrogens (tertiary/aromatic N) is 1. The molecule has 0 saturated carbocycles. The molecule has 3 aromatic rings. The van der Waals surface area contributed by atoms with Crippen molar-refractivity contribution in [1.82, 2.24) is 15.2 Å².